The lowest BCUT2D eigenvalue weighted by molar-refractivity contribution is -0.137. The molecule has 3 N–H and O–H groups in total. The van der Waals surface area contributed by atoms with Gasteiger partial charge in [-0.15, -0.1) is 0 Å². The van der Waals surface area contributed by atoms with Gasteiger partial charge in [-0.05, 0) is 53.1 Å². The van der Waals surface area contributed by atoms with E-state index in [2.05, 4.69) is 22.6 Å². The quantitative estimate of drug-likeness (QED) is 0.662. The van der Waals surface area contributed by atoms with Crippen molar-refractivity contribution in [1.29, 1.82) is 0 Å². The molecule has 0 unspecified atom stereocenters. The molecule has 1 rings (SSSR count). The van der Waals surface area contributed by atoms with Gasteiger partial charge in [-0.1, -0.05) is 6.07 Å². The number of nitrogen functional groups attached to an aromatic ring is 1. The molecule has 0 aliphatic heterocycles. The zero-order valence-electron chi connectivity index (χ0n) is 7.66. The summed E-state index contributed by atoms with van der Waals surface area (Å²) >= 11 is 2.17. The first-order valence-corrected chi connectivity index (χ1v) is 5.43. The fourth-order valence-corrected chi connectivity index (χ4v) is 1.53. The van der Waals surface area contributed by atoms with Gasteiger partial charge in [0.15, 0.2) is 0 Å². The Morgan fingerprint density at radius 3 is 2.79 bits per heavy atom. The molecule has 0 heterocycles. The number of benzene rings is 1. The summed E-state index contributed by atoms with van der Waals surface area (Å²) in [5.74, 6) is -0.747. The monoisotopic (exact) mass is 305 g/mol. The molecule has 76 valence electrons. The average Bonchev–Trinajstić information content (AvgIpc) is 2.10. The van der Waals surface area contributed by atoms with Crippen LogP contribution in [0.25, 0.3) is 0 Å². The molecule has 14 heavy (non-hydrogen) atoms. The van der Waals surface area contributed by atoms with Gasteiger partial charge in [0.05, 0.1) is 0 Å². The maximum Gasteiger partial charge on any atom is 0.303 e. The Hall–Kier alpha value is -0.780. The number of carbonyl (C=O) groups is 1. The van der Waals surface area contributed by atoms with Crippen LogP contribution in [0, 0.1) is 3.57 Å². The van der Waals surface area contributed by atoms with Crippen molar-refractivity contribution in [2.24, 2.45) is 0 Å². The van der Waals surface area contributed by atoms with Crippen molar-refractivity contribution in [3.63, 3.8) is 0 Å². The predicted molar refractivity (Wildman–Crippen MR) is 64.1 cm³/mol. The number of rotatable bonds is 4. The molecule has 1 aromatic rings. The van der Waals surface area contributed by atoms with Crippen LogP contribution in [0.5, 0.6) is 0 Å². The lowest BCUT2D eigenvalue weighted by Crippen LogP contribution is -1.97. The first kappa shape index (κ1) is 11.3. The highest BCUT2D eigenvalue weighted by Gasteiger charge is 2.00. The second-order valence-electron chi connectivity index (χ2n) is 3.10. The Morgan fingerprint density at radius 2 is 2.21 bits per heavy atom. The third-order valence-electron chi connectivity index (χ3n) is 1.92. The van der Waals surface area contributed by atoms with Crippen LogP contribution in [0.3, 0.4) is 0 Å². The number of carboxylic acid groups (broad SMARTS) is 1. The van der Waals surface area contributed by atoms with Crippen LogP contribution < -0.4 is 5.73 Å². The van der Waals surface area contributed by atoms with Crippen LogP contribution in [0.1, 0.15) is 18.4 Å². The van der Waals surface area contributed by atoms with E-state index in [1.54, 1.807) is 0 Å². The molecule has 0 radical (unpaired) electrons. The minimum Gasteiger partial charge on any atom is -0.481 e. The molecule has 0 saturated carbocycles. The van der Waals surface area contributed by atoms with Crippen molar-refractivity contribution < 1.29 is 9.90 Å². The first-order valence-electron chi connectivity index (χ1n) is 4.35. The van der Waals surface area contributed by atoms with Crippen LogP contribution in [-0.4, -0.2) is 11.1 Å². The maximum atomic E-state index is 10.3. The summed E-state index contributed by atoms with van der Waals surface area (Å²) < 4.78 is 1.03. The highest BCUT2D eigenvalue weighted by Crippen LogP contribution is 2.17. The summed E-state index contributed by atoms with van der Waals surface area (Å²) in [6.07, 6.45) is 1.65. The summed E-state index contributed by atoms with van der Waals surface area (Å²) in [7, 11) is 0. The van der Waals surface area contributed by atoms with E-state index < -0.39 is 5.97 Å². The molecule has 0 bridgehead atoms. The maximum absolute atomic E-state index is 10.3. The van der Waals surface area contributed by atoms with Crippen LogP contribution in [0.4, 0.5) is 5.69 Å². The standard InChI is InChI=1S/C10H12INO2/c11-8-5-4-7(6-9(8)12)2-1-3-10(13)14/h4-6H,1-3,12H2,(H,13,14). The van der Waals surface area contributed by atoms with Crippen LogP contribution in [-0.2, 0) is 11.2 Å². The SMILES string of the molecule is Nc1cc(CCCC(=O)O)ccc1I. The van der Waals surface area contributed by atoms with Gasteiger partial charge < -0.3 is 10.8 Å². The van der Waals surface area contributed by atoms with Crippen molar-refractivity contribution in [3.8, 4) is 0 Å². The number of hydrogen-bond acceptors (Lipinski definition) is 2. The summed E-state index contributed by atoms with van der Waals surface area (Å²) in [6, 6.07) is 5.84. The number of carboxylic acids is 1. The van der Waals surface area contributed by atoms with Gasteiger partial charge in [0, 0.05) is 15.7 Å². The van der Waals surface area contributed by atoms with Crippen molar-refractivity contribution in [2.45, 2.75) is 19.3 Å². The lowest BCUT2D eigenvalue weighted by atomic mass is 10.1. The molecule has 1 aromatic carbocycles. The number of aliphatic carboxylic acids is 1. The van der Waals surface area contributed by atoms with E-state index in [4.69, 9.17) is 10.8 Å². The number of halogens is 1. The third-order valence-corrected chi connectivity index (χ3v) is 2.90. The average molecular weight is 305 g/mol. The molecule has 0 aliphatic carbocycles. The van der Waals surface area contributed by atoms with Crippen molar-refractivity contribution >= 4 is 34.2 Å². The van der Waals surface area contributed by atoms with E-state index in [1.807, 2.05) is 18.2 Å². The van der Waals surface area contributed by atoms with Crippen molar-refractivity contribution in [3.05, 3.63) is 27.3 Å². The zero-order chi connectivity index (χ0) is 10.6. The van der Waals surface area contributed by atoms with Gasteiger partial charge in [-0.3, -0.25) is 4.79 Å². The van der Waals surface area contributed by atoms with Crippen LogP contribution >= 0.6 is 22.6 Å². The fraction of sp³-hybridized carbons (Fsp3) is 0.300. The molecule has 0 atom stereocenters. The topological polar surface area (TPSA) is 63.3 Å². The number of hydrogen-bond donors (Lipinski definition) is 2. The molecule has 0 aliphatic rings. The van der Waals surface area contributed by atoms with Gasteiger partial charge in [0.25, 0.3) is 0 Å². The summed E-state index contributed by atoms with van der Waals surface area (Å²) in [4.78, 5) is 10.3. The number of aryl methyl sites for hydroxylation is 1. The lowest BCUT2D eigenvalue weighted by Gasteiger charge is -2.03. The number of anilines is 1. The smallest absolute Gasteiger partial charge is 0.303 e. The highest BCUT2D eigenvalue weighted by molar-refractivity contribution is 14.1. The third kappa shape index (κ3) is 3.53. The fourth-order valence-electron chi connectivity index (χ4n) is 1.19. The van der Waals surface area contributed by atoms with Gasteiger partial charge in [-0.2, -0.15) is 0 Å². The number of nitrogens with two attached hydrogens (primary N) is 1. The molecule has 0 amide bonds. The molecular formula is C10H12INO2. The van der Waals surface area contributed by atoms with Crippen LogP contribution in [0.2, 0.25) is 0 Å². The van der Waals surface area contributed by atoms with Crippen molar-refractivity contribution in [1.82, 2.24) is 0 Å². The minimum atomic E-state index is -0.747. The first-order chi connectivity index (χ1) is 6.59. The molecule has 0 spiro atoms. The predicted octanol–water partition coefficient (Wildman–Crippen LogP) is 2.28. The van der Waals surface area contributed by atoms with Crippen LogP contribution in [0.15, 0.2) is 18.2 Å². The second-order valence-corrected chi connectivity index (χ2v) is 4.27. The largest absolute Gasteiger partial charge is 0.481 e. The molecule has 4 heteroatoms. The van der Waals surface area contributed by atoms with E-state index in [0.29, 0.717) is 6.42 Å². The summed E-state index contributed by atoms with van der Waals surface area (Å²) in [6.45, 7) is 0. The molecule has 0 fully saturated rings. The van der Waals surface area contributed by atoms with Gasteiger partial charge in [-0.25, -0.2) is 0 Å². The van der Waals surface area contributed by atoms with E-state index in [9.17, 15) is 4.79 Å². The summed E-state index contributed by atoms with van der Waals surface area (Å²) in [5.41, 5.74) is 7.59. The van der Waals surface area contributed by atoms with E-state index in [-0.39, 0.29) is 6.42 Å². The Morgan fingerprint density at radius 1 is 1.50 bits per heavy atom. The Balaban J connectivity index is 2.51. The highest BCUT2D eigenvalue weighted by atomic mass is 127. The van der Waals surface area contributed by atoms with E-state index in [0.717, 1.165) is 21.2 Å². The molecular weight excluding hydrogens is 293 g/mol. The molecule has 0 saturated heterocycles. The minimum absolute atomic E-state index is 0.214. The normalized spacial score (nSPS) is 10.1. The Labute approximate surface area is 96.4 Å². The zero-order valence-corrected chi connectivity index (χ0v) is 9.82. The van der Waals surface area contributed by atoms with Gasteiger partial charge in [0.2, 0.25) is 0 Å². The van der Waals surface area contributed by atoms with Crippen molar-refractivity contribution in [2.75, 3.05) is 5.73 Å². The second kappa shape index (κ2) is 5.19. The van der Waals surface area contributed by atoms with Gasteiger partial charge in [0.1, 0.15) is 0 Å². The molecule has 3 nitrogen and oxygen atoms in total. The van der Waals surface area contributed by atoms with E-state index in [1.165, 1.54) is 0 Å². The van der Waals surface area contributed by atoms with E-state index >= 15 is 0 Å². The summed E-state index contributed by atoms with van der Waals surface area (Å²) in [5, 5.41) is 8.46. The molecule has 0 aromatic heterocycles. The Kier molecular flexibility index (Phi) is 4.19. The van der Waals surface area contributed by atoms with Gasteiger partial charge >= 0.3 is 5.97 Å². The Bertz CT molecular complexity index is 339.